The molecule has 1 saturated carbocycles. The molecule has 1 atom stereocenters. The first kappa shape index (κ1) is 17.3. The fourth-order valence-corrected chi connectivity index (χ4v) is 5.10. The Bertz CT molecular complexity index is 1000. The number of allylic oxidation sites excluding steroid dienone is 10. The second kappa shape index (κ2) is 7.28. The summed E-state index contributed by atoms with van der Waals surface area (Å²) < 4.78 is 0. The van der Waals surface area contributed by atoms with Gasteiger partial charge in [-0.05, 0) is 59.6 Å². The van der Waals surface area contributed by atoms with Crippen molar-refractivity contribution in [1.82, 2.24) is 0 Å². The van der Waals surface area contributed by atoms with E-state index in [2.05, 4.69) is 97.1 Å². The van der Waals surface area contributed by atoms with Gasteiger partial charge in [0.1, 0.15) is 0 Å². The fourth-order valence-electron chi connectivity index (χ4n) is 5.10. The maximum Gasteiger partial charge on any atom is 0.0640 e. The van der Waals surface area contributed by atoms with Crippen LogP contribution in [-0.2, 0) is 5.41 Å². The molecule has 138 valence electrons. The van der Waals surface area contributed by atoms with Crippen LogP contribution in [0.4, 0.5) is 0 Å². The average molecular weight is 363 g/mol. The Morgan fingerprint density at radius 1 is 0.679 bits per heavy atom. The molecule has 3 aliphatic rings. The summed E-state index contributed by atoms with van der Waals surface area (Å²) in [6.45, 7) is 0. The summed E-state index contributed by atoms with van der Waals surface area (Å²) in [6.07, 6.45) is 20.3. The molecule has 1 unspecified atom stereocenters. The van der Waals surface area contributed by atoms with Crippen LogP contribution in [0.1, 0.15) is 43.2 Å². The lowest BCUT2D eigenvalue weighted by atomic mass is 9.68. The van der Waals surface area contributed by atoms with E-state index in [4.69, 9.17) is 0 Å². The number of benzene rings is 2. The van der Waals surface area contributed by atoms with E-state index in [-0.39, 0.29) is 5.41 Å². The zero-order valence-electron chi connectivity index (χ0n) is 16.3. The van der Waals surface area contributed by atoms with E-state index >= 15 is 0 Å². The van der Waals surface area contributed by atoms with E-state index in [1.165, 1.54) is 60.0 Å². The first-order valence-corrected chi connectivity index (χ1v) is 10.5. The molecule has 0 heteroatoms. The van der Waals surface area contributed by atoms with Gasteiger partial charge in [0, 0.05) is 0 Å². The Balaban J connectivity index is 1.81. The van der Waals surface area contributed by atoms with E-state index in [9.17, 15) is 0 Å². The normalized spacial score (nSPS) is 23.9. The average Bonchev–Trinajstić information content (AvgIpc) is 2.94. The maximum atomic E-state index is 2.50. The first-order chi connectivity index (χ1) is 13.9. The van der Waals surface area contributed by atoms with Crippen LogP contribution in [0.25, 0.3) is 5.57 Å². The molecule has 0 aliphatic heterocycles. The van der Waals surface area contributed by atoms with Crippen LogP contribution >= 0.6 is 0 Å². The summed E-state index contributed by atoms with van der Waals surface area (Å²) in [5.74, 6) is 0. The molecule has 0 amide bonds. The van der Waals surface area contributed by atoms with Crippen molar-refractivity contribution in [2.24, 2.45) is 0 Å². The topological polar surface area (TPSA) is 0 Å². The highest BCUT2D eigenvalue weighted by molar-refractivity contribution is 5.92. The van der Waals surface area contributed by atoms with Gasteiger partial charge in [-0.2, -0.15) is 0 Å². The Morgan fingerprint density at radius 2 is 1.39 bits per heavy atom. The highest BCUT2D eigenvalue weighted by Gasteiger charge is 2.44. The van der Waals surface area contributed by atoms with Crippen LogP contribution in [0.5, 0.6) is 0 Å². The van der Waals surface area contributed by atoms with Crippen LogP contribution in [0.15, 0.2) is 114 Å². The summed E-state index contributed by atoms with van der Waals surface area (Å²) in [4.78, 5) is 0. The summed E-state index contributed by atoms with van der Waals surface area (Å²) >= 11 is 0. The number of hydrogen-bond donors (Lipinski definition) is 0. The van der Waals surface area contributed by atoms with Gasteiger partial charge in [-0.15, -0.1) is 0 Å². The molecule has 0 nitrogen and oxygen atoms in total. The zero-order chi connectivity index (χ0) is 18.8. The van der Waals surface area contributed by atoms with E-state index in [1.807, 2.05) is 0 Å². The van der Waals surface area contributed by atoms with Crippen molar-refractivity contribution in [2.75, 3.05) is 0 Å². The highest BCUT2D eigenvalue weighted by Crippen LogP contribution is 2.55. The molecule has 0 bridgehead atoms. The van der Waals surface area contributed by atoms with Crippen LogP contribution in [0.2, 0.25) is 0 Å². The molecule has 2 aromatic rings. The minimum absolute atomic E-state index is 0.178. The molecule has 0 radical (unpaired) electrons. The van der Waals surface area contributed by atoms with Gasteiger partial charge in [-0.3, -0.25) is 0 Å². The quantitative estimate of drug-likeness (QED) is 0.524. The lowest BCUT2D eigenvalue weighted by Gasteiger charge is -2.34. The SMILES string of the molecule is C1=CC=C2C(c3ccccc3)=CC(=C3CCCCC3)C2(c2ccccc2)C=C1. The molecule has 28 heavy (non-hydrogen) atoms. The Morgan fingerprint density at radius 3 is 2.14 bits per heavy atom. The fraction of sp³-hybridized carbons (Fsp3) is 0.214. The van der Waals surface area contributed by atoms with Crippen molar-refractivity contribution >= 4 is 5.57 Å². The predicted molar refractivity (Wildman–Crippen MR) is 119 cm³/mol. The summed E-state index contributed by atoms with van der Waals surface area (Å²) in [5.41, 5.74) is 8.45. The molecule has 3 aliphatic carbocycles. The molecule has 1 fully saturated rings. The highest BCUT2D eigenvalue weighted by atomic mass is 14.5. The lowest BCUT2D eigenvalue weighted by molar-refractivity contribution is 0.585. The van der Waals surface area contributed by atoms with Crippen molar-refractivity contribution in [3.8, 4) is 0 Å². The van der Waals surface area contributed by atoms with Gasteiger partial charge in [-0.25, -0.2) is 0 Å². The van der Waals surface area contributed by atoms with Gasteiger partial charge >= 0.3 is 0 Å². The largest absolute Gasteiger partial charge is 0.0654 e. The standard InChI is InChI=1S/C28H26/c1-5-13-22(14-6-1)25-21-27(23-15-7-2-8-16-23)28(24-17-9-3-10-18-24)20-12-4-11-19-26(25)28/h1,3-6,9-14,17-21H,2,7-8,15-16H2. The van der Waals surface area contributed by atoms with E-state index in [1.54, 1.807) is 5.57 Å². The third-order valence-electron chi connectivity index (χ3n) is 6.41. The number of rotatable bonds is 2. The predicted octanol–water partition coefficient (Wildman–Crippen LogP) is 7.33. The van der Waals surface area contributed by atoms with Gasteiger partial charge in [0.2, 0.25) is 0 Å². The second-order valence-corrected chi connectivity index (χ2v) is 8.00. The van der Waals surface area contributed by atoms with Gasteiger partial charge in [-0.1, -0.05) is 103 Å². The minimum atomic E-state index is -0.178. The molecule has 2 aromatic carbocycles. The van der Waals surface area contributed by atoms with Crippen molar-refractivity contribution in [3.63, 3.8) is 0 Å². The van der Waals surface area contributed by atoms with Crippen LogP contribution in [-0.4, -0.2) is 0 Å². The van der Waals surface area contributed by atoms with Crippen molar-refractivity contribution < 1.29 is 0 Å². The summed E-state index contributed by atoms with van der Waals surface area (Å²) in [5, 5.41) is 0. The van der Waals surface area contributed by atoms with Crippen LogP contribution in [0, 0.1) is 0 Å². The van der Waals surface area contributed by atoms with Gasteiger partial charge < -0.3 is 0 Å². The molecular formula is C28H26. The zero-order valence-corrected chi connectivity index (χ0v) is 16.3. The molecule has 0 saturated heterocycles. The first-order valence-electron chi connectivity index (χ1n) is 10.5. The Labute approximate surface area is 168 Å². The molecule has 0 aromatic heterocycles. The van der Waals surface area contributed by atoms with E-state index in [0.717, 1.165) is 0 Å². The van der Waals surface area contributed by atoms with Crippen molar-refractivity contribution in [3.05, 3.63) is 125 Å². The van der Waals surface area contributed by atoms with Crippen molar-refractivity contribution in [1.29, 1.82) is 0 Å². The van der Waals surface area contributed by atoms with E-state index < -0.39 is 0 Å². The lowest BCUT2D eigenvalue weighted by Crippen LogP contribution is -2.26. The monoisotopic (exact) mass is 362 g/mol. The molecule has 0 heterocycles. The van der Waals surface area contributed by atoms with E-state index in [0.29, 0.717) is 0 Å². The molecule has 0 N–H and O–H groups in total. The van der Waals surface area contributed by atoms with Gasteiger partial charge in [0.15, 0.2) is 0 Å². The molecular weight excluding hydrogens is 336 g/mol. The maximum absolute atomic E-state index is 2.50. The Kier molecular flexibility index (Phi) is 4.49. The second-order valence-electron chi connectivity index (χ2n) is 8.00. The van der Waals surface area contributed by atoms with Gasteiger partial charge in [0.25, 0.3) is 0 Å². The Hall–Kier alpha value is -2.86. The van der Waals surface area contributed by atoms with Crippen LogP contribution < -0.4 is 0 Å². The summed E-state index contributed by atoms with van der Waals surface area (Å²) in [6, 6.07) is 22.0. The third-order valence-corrected chi connectivity index (χ3v) is 6.41. The van der Waals surface area contributed by atoms with Crippen LogP contribution in [0.3, 0.4) is 0 Å². The molecule has 5 rings (SSSR count). The minimum Gasteiger partial charge on any atom is -0.0654 e. The van der Waals surface area contributed by atoms with Crippen molar-refractivity contribution in [2.45, 2.75) is 37.5 Å². The number of fused-ring (bicyclic) bond motifs is 1. The number of hydrogen-bond acceptors (Lipinski definition) is 0. The smallest absolute Gasteiger partial charge is 0.0640 e. The molecule has 0 spiro atoms. The third kappa shape index (κ3) is 2.76. The summed E-state index contributed by atoms with van der Waals surface area (Å²) in [7, 11) is 0. The van der Waals surface area contributed by atoms with Gasteiger partial charge in [0.05, 0.1) is 5.41 Å².